The van der Waals surface area contributed by atoms with Crippen molar-refractivity contribution in [3.63, 3.8) is 0 Å². The van der Waals surface area contributed by atoms with Gasteiger partial charge in [0.2, 0.25) is 0 Å². The maximum atomic E-state index is 13.1. The van der Waals surface area contributed by atoms with Crippen molar-refractivity contribution in [1.29, 1.82) is 0 Å². The molecule has 0 atom stereocenters. The molecule has 36 heavy (non-hydrogen) atoms. The third kappa shape index (κ3) is 4.87. The quantitative estimate of drug-likeness (QED) is 0.151. The maximum Gasteiger partial charge on any atom is 0.335 e. The predicted octanol–water partition coefficient (Wildman–Crippen LogP) is 6.29. The minimum absolute atomic E-state index is 0.116. The molecular formula is C28H18I2N2O4. The smallest absolute Gasteiger partial charge is 0.335 e. The van der Waals surface area contributed by atoms with Crippen LogP contribution in [0.3, 0.4) is 0 Å². The van der Waals surface area contributed by atoms with Crippen LogP contribution < -0.4 is 15.0 Å². The number of ether oxygens (including phenoxy) is 1. The van der Waals surface area contributed by atoms with Crippen molar-refractivity contribution in [2.75, 3.05) is 4.90 Å². The highest BCUT2D eigenvalue weighted by molar-refractivity contribution is 14.1. The zero-order chi connectivity index (χ0) is 25.2. The van der Waals surface area contributed by atoms with Gasteiger partial charge < -0.3 is 4.74 Å². The number of para-hydroxylation sites is 1. The first-order valence-electron chi connectivity index (χ1n) is 11.0. The van der Waals surface area contributed by atoms with E-state index < -0.39 is 17.8 Å². The molecule has 5 rings (SSSR count). The molecule has 8 heteroatoms. The topological polar surface area (TPSA) is 75.7 Å². The Morgan fingerprint density at radius 2 is 1.50 bits per heavy atom. The van der Waals surface area contributed by atoms with Crippen molar-refractivity contribution in [2.45, 2.75) is 6.61 Å². The Balaban J connectivity index is 1.42. The van der Waals surface area contributed by atoms with Crippen molar-refractivity contribution < 1.29 is 19.1 Å². The van der Waals surface area contributed by atoms with E-state index in [1.807, 2.05) is 36.4 Å². The van der Waals surface area contributed by atoms with Crippen LogP contribution in [0.4, 0.5) is 10.5 Å². The molecule has 0 spiro atoms. The van der Waals surface area contributed by atoms with Gasteiger partial charge in [0.05, 0.1) is 12.8 Å². The van der Waals surface area contributed by atoms with Gasteiger partial charge in [-0.25, -0.2) is 9.69 Å². The van der Waals surface area contributed by atoms with Crippen LogP contribution in [0.25, 0.3) is 16.8 Å². The Kier molecular flexibility index (Phi) is 7.06. The number of fused-ring (bicyclic) bond motifs is 1. The Labute approximate surface area is 234 Å². The fourth-order valence-electron chi connectivity index (χ4n) is 4.00. The summed E-state index contributed by atoms with van der Waals surface area (Å²) in [6, 6.07) is 25.7. The fourth-order valence-corrected chi connectivity index (χ4v) is 6.13. The molecule has 1 aliphatic heterocycles. The summed E-state index contributed by atoms with van der Waals surface area (Å²) >= 11 is 4.37. The third-order valence-electron chi connectivity index (χ3n) is 5.70. The van der Waals surface area contributed by atoms with Crippen molar-refractivity contribution in [3.05, 3.63) is 109 Å². The molecule has 0 aliphatic carbocycles. The van der Waals surface area contributed by atoms with Gasteiger partial charge in [-0.05, 0) is 97.4 Å². The van der Waals surface area contributed by atoms with Crippen molar-refractivity contribution in [3.8, 4) is 5.75 Å². The Morgan fingerprint density at radius 3 is 2.25 bits per heavy atom. The number of nitrogens with one attached hydrogen (secondary N) is 1. The van der Waals surface area contributed by atoms with Gasteiger partial charge >= 0.3 is 6.03 Å². The van der Waals surface area contributed by atoms with Crippen LogP contribution >= 0.6 is 45.2 Å². The SMILES string of the molecule is O=C1NC(=O)N(c2ccccc2)C(=O)/C1=C\c1cc(I)c(OCc2cccc3ccccc23)c(I)c1. The second kappa shape index (κ2) is 10.4. The van der Waals surface area contributed by atoms with Crippen LogP contribution in [0, 0.1) is 7.14 Å². The lowest BCUT2D eigenvalue weighted by Crippen LogP contribution is -2.54. The molecule has 6 nitrogen and oxygen atoms in total. The summed E-state index contributed by atoms with van der Waals surface area (Å²) in [5.41, 5.74) is 2.01. The lowest BCUT2D eigenvalue weighted by molar-refractivity contribution is -0.122. The number of benzene rings is 4. The van der Waals surface area contributed by atoms with Crippen molar-refractivity contribution >= 4 is 85.6 Å². The van der Waals surface area contributed by atoms with Crippen LogP contribution in [-0.4, -0.2) is 17.8 Å². The molecule has 1 saturated heterocycles. The van der Waals surface area contributed by atoms with Gasteiger partial charge in [0.15, 0.2) is 0 Å². The van der Waals surface area contributed by atoms with E-state index in [9.17, 15) is 14.4 Å². The maximum absolute atomic E-state index is 13.1. The van der Waals surface area contributed by atoms with Crippen LogP contribution in [0.5, 0.6) is 5.75 Å². The van der Waals surface area contributed by atoms with E-state index in [1.54, 1.807) is 30.3 Å². The van der Waals surface area contributed by atoms with Crippen LogP contribution in [0.2, 0.25) is 0 Å². The normalized spacial score (nSPS) is 14.9. The lowest BCUT2D eigenvalue weighted by Gasteiger charge is -2.26. The second-order valence-corrected chi connectivity index (χ2v) is 10.4. The standard InChI is InChI=1S/C28H18I2N2O4/c29-23-14-17(13-22-26(33)31-28(35)32(27(22)34)20-10-2-1-3-11-20)15-24(30)25(23)36-16-19-9-6-8-18-7-4-5-12-21(18)19/h1-15H,16H2,(H,31,33,35)/b22-13-. The van der Waals surface area contributed by atoms with Gasteiger partial charge in [-0.3, -0.25) is 14.9 Å². The Morgan fingerprint density at radius 1 is 0.833 bits per heavy atom. The zero-order valence-corrected chi connectivity index (χ0v) is 23.0. The summed E-state index contributed by atoms with van der Waals surface area (Å²) in [5, 5.41) is 4.55. The third-order valence-corrected chi connectivity index (χ3v) is 7.30. The number of hydrogen-bond acceptors (Lipinski definition) is 4. The number of amides is 4. The van der Waals surface area contributed by atoms with Crippen LogP contribution in [0.15, 0.2) is 90.5 Å². The highest BCUT2D eigenvalue weighted by Gasteiger charge is 2.36. The monoisotopic (exact) mass is 700 g/mol. The van der Waals surface area contributed by atoms with E-state index in [0.717, 1.165) is 34.1 Å². The first-order valence-corrected chi connectivity index (χ1v) is 13.1. The number of imide groups is 2. The predicted molar refractivity (Wildman–Crippen MR) is 156 cm³/mol. The average molecular weight is 700 g/mol. The zero-order valence-electron chi connectivity index (χ0n) is 18.7. The summed E-state index contributed by atoms with van der Waals surface area (Å²) in [6.45, 7) is 0.406. The van der Waals surface area contributed by atoms with E-state index in [2.05, 4.69) is 68.7 Å². The molecule has 0 aromatic heterocycles. The molecule has 1 fully saturated rings. The minimum atomic E-state index is -0.769. The molecule has 1 aliphatic rings. The fraction of sp³-hybridized carbons (Fsp3) is 0.0357. The summed E-state index contributed by atoms with van der Waals surface area (Å²) in [4.78, 5) is 39.0. The first-order chi connectivity index (χ1) is 17.4. The van der Waals surface area contributed by atoms with Crippen molar-refractivity contribution in [1.82, 2.24) is 5.32 Å². The molecule has 1 N–H and O–H groups in total. The molecular weight excluding hydrogens is 682 g/mol. The summed E-state index contributed by atoms with van der Waals surface area (Å²) in [7, 11) is 0. The number of rotatable bonds is 5. The number of urea groups is 1. The van der Waals surface area contributed by atoms with Gasteiger partial charge in [0, 0.05) is 0 Å². The number of carbonyl (C=O) groups excluding carboxylic acids is 3. The minimum Gasteiger partial charge on any atom is -0.487 e. The Hall–Kier alpha value is -3.25. The molecule has 0 unspecified atom stereocenters. The molecule has 4 aromatic carbocycles. The molecule has 4 amide bonds. The van der Waals surface area contributed by atoms with Gasteiger partial charge in [-0.2, -0.15) is 0 Å². The number of carbonyl (C=O) groups is 3. The molecule has 0 saturated carbocycles. The van der Waals surface area contributed by atoms with Gasteiger partial charge in [0.25, 0.3) is 11.8 Å². The average Bonchev–Trinajstić information content (AvgIpc) is 2.86. The molecule has 1 heterocycles. The highest BCUT2D eigenvalue weighted by atomic mass is 127. The Bertz CT molecular complexity index is 1520. The van der Waals surface area contributed by atoms with Gasteiger partial charge in [0.1, 0.15) is 17.9 Å². The highest BCUT2D eigenvalue weighted by Crippen LogP contribution is 2.32. The van der Waals surface area contributed by atoms with Crippen molar-refractivity contribution in [2.24, 2.45) is 0 Å². The number of nitrogens with zero attached hydrogens (tertiary/aromatic N) is 1. The van der Waals surface area contributed by atoms with Crippen LogP contribution in [-0.2, 0) is 16.2 Å². The lowest BCUT2D eigenvalue weighted by atomic mass is 10.1. The van der Waals surface area contributed by atoms with Gasteiger partial charge in [-0.1, -0.05) is 60.7 Å². The van der Waals surface area contributed by atoms with E-state index in [4.69, 9.17) is 4.74 Å². The van der Waals surface area contributed by atoms with Gasteiger partial charge in [-0.15, -0.1) is 0 Å². The van der Waals surface area contributed by atoms with E-state index in [-0.39, 0.29) is 5.57 Å². The summed E-state index contributed by atoms with van der Waals surface area (Å²) in [6.07, 6.45) is 1.50. The second-order valence-electron chi connectivity index (χ2n) is 8.03. The number of barbiturate groups is 1. The van der Waals surface area contributed by atoms with E-state index in [1.165, 1.54) is 6.08 Å². The number of anilines is 1. The number of halogens is 2. The number of hydrogen-bond donors (Lipinski definition) is 1. The first kappa shape index (κ1) is 24.4. The molecule has 0 bridgehead atoms. The molecule has 0 radical (unpaired) electrons. The largest absolute Gasteiger partial charge is 0.487 e. The summed E-state index contributed by atoms with van der Waals surface area (Å²) in [5.74, 6) is -0.665. The van der Waals surface area contributed by atoms with E-state index in [0.29, 0.717) is 17.9 Å². The molecule has 4 aromatic rings. The molecule has 178 valence electrons. The summed E-state index contributed by atoms with van der Waals surface area (Å²) < 4.78 is 7.88. The van der Waals surface area contributed by atoms with Crippen LogP contribution in [0.1, 0.15) is 11.1 Å². The van der Waals surface area contributed by atoms with E-state index >= 15 is 0 Å².